The van der Waals surface area contributed by atoms with Gasteiger partial charge in [0.2, 0.25) is 0 Å². The van der Waals surface area contributed by atoms with Gasteiger partial charge in [-0.25, -0.2) is 4.39 Å². The molecule has 0 amide bonds. The van der Waals surface area contributed by atoms with Gasteiger partial charge >= 0.3 is 0 Å². The maximum atomic E-state index is 13.7. The normalized spacial score (nSPS) is 11.2. The van der Waals surface area contributed by atoms with Crippen LogP contribution >= 0.6 is 11.3 Å². The predicted octanol–water partition coefficient (Wildman–Crippen LogP) is 3.04. The van der Waals surface area contributed by atoms with Gasteiger partial charge < -0.3 is 10.5 Å². The lowest BCUT2D eigenvalue weighted by molar-refractivity contribution is 0.134. The maximum absolute atomic E-state index is 13.7. The smallest absolute Gasteiger partial charge is 0.132 e. The van der Waals surface area contributed by atoms with Gasteiger partial charge in [0.1, 0.15) is 5.82 Å². The third-order valence-corrected chi connectivity index (χ3v) is 3.70. The van der Waals surface area contributed by atoms with Crippen molar-refractivity contribution in [1.82, 2.24) is 0 Å². The Morgan fingerprint density at radius 3 is 2.94 bits per heavy atom. The minimum atomic E-state index is -0.192. The fraction of sp³-hybridized carbons (Fsp3) is 0.333. The van der Waals surface area contributed by atoms with Crippen molar-refractivity contribution < 1.29 is 9.13 Å². The van der Waals surface area contributed by atoms with Gasteiger partial charge in [-0.1, -0.05) is 6.07 Å². The lowest BCUT2D eigenvalue weighted by atomic mass is 10.1. The van der Waals surface area contributed by atoms with E-state index in [1.807, 2.05) is 13.0 Å². The SMILES string of the molecule is CCOCc1c(CN)sc2cccc(F)c12. The first kappa shape index (κ1) is 11.5. The van der Waals surface area contributed by atoms with Crippen molar-refractivity contribution in [3.05, 3.63) is 34.5 Å². The van der Waals surface area contributed by atoms with Gasteiger partial charge in [0.15, 0.2) is 0 Å². The molecule has 0 aliphatic heterocycles. The van der Waals surface area contributed by atoms with E-state index in [-0.39, 0.29) is 5.82 Å². The van der Waals surface area contributed by atoms with Gasteiger partial charge in [0.25, 0.3) is 0 Å². The molecule has 4 heteroatoms. The minimum absolute atomic E-state index is 0.192. The molecular formula is C12H14FNOS. The second-order valence-corrected chi connectivity index (χ2v) is 4.59. The Kier molecular flexibility index (Phi) is 3.53. The summed E-state index contributed by atoms with van der Waals surface area (Å²) in [6, 6.07) is 5.11. The van der Waals surface area contributed by atoms with Crippen LogP contribution in [0.2, 0.25) is 0 Å². The van der Waals surface area contributed by atoms with Gasteiger partial charge in [-0.15, -0.1) is 11.3 Å². The van der Waals surface area contributed by atoms with Crippen molar-refractivity contribution in [2.24, 2.45) is 5.73 Å². The van der Waals surface area contributed by atoms with Crippen molar-refractivity contribution in [3.63, 3.8) is 0 Å². The number of hydrogen-bond acceptors (Lipinski definition) is 3. The first-order valence-electron chi connectivity index (χ1n) is 5.24. The molecule has 0 unspecified atom stereocenters. The van der Waals surface area contributed by atoms with Crippen LogP contribution in [-0.2, 0) is 17.9 Å². The molecule has 0 bridgehead atoms. The Bertz CT molecular complexity index is 495. The number of ether oxygens (including phenoxy) is 1. The number of fused-ring (bicyclic) bond motifs is 1. The molecule has 16 heavy (non-hydrogen) atoms. The summed E-state index contributed by atoms with van der Waals surface area (Å²) in [4.78, 5) is 1.01. The van der Waals surface area contributed by atoms with Crippen LogP contribution in [0.4, 0.5) is 4.39 Å². The van der Waals surface area contributed by atoms with Crippen LogP contribution in [0.25, 0.3) is 10.1 Å². The predicted molar refractivity (Wildman–Crippen MR) is 65.0 cm³/mol. The molecule has 0 saturated carbocycles. The van der Waals surface area contributed by atoms with E-state index in [0.717, 1.165) is 15.1 Å². The highest BCUT2D eigenvalue weighted by molar-refractivity contribution is 7.19. The van der Waals surface area contributed by atoms with E-state index in [0.29, 0.717) is 25.1 Å². The maximum Gasteiger partial charge on any atom is 0.132 e. The summed E-state index contributed by atoms with van der Waals surface area (Å²) < 4.78 is 20.0. The monoisotopic (exact) mass is 239 g/mol. The molecule has 0 aliphatic rings. The Balaban J connectivity index is 2.56. The lowest BCUT2D eigenvalue weighted by Crippen LogP contribution is -2.00. The molecule has 0 spiro atoms. The number of thiophene rings is 1. The molecule has 1 aromatic heterocycles. The zero-order valence-corrected chi connectivity index (χ0v) is 9.94. The molecule has 2 N–H and O–H groups in total. The average molecular weight is 239 g/mol. The zero-order chi connectivity index (χ0) is 11.5. The van der Waals surface area contributed by atoms with Gasteiger partial charge in [-0.05, 0) is 19.1 Å². The first-order chi connectivity index (χ1) is 7.77. The third kappa shape index (κ3) is 1.96. The van der Waals surface area contributed by atoms with Crippen molar-refractivity contribution >= 4 is 21.4 Å². The van der Waals surface area contributed by atoms with Gasteiger partial charge in [0.05, 0.1) is 6.61 Å². The average Bonchev–Trinajstić information content (AvgIpc) is 2.65. The first-order valence-corrected chi connectivity index (χ1v) is 6.06. The number of halogens is 1. The summed E-state index contributed by atoms with van der Waals surface area (Å²) in [6.07, 6.45) is 0. The molecule has 86 valence electrons. The van der Waals surface area contributed by atoms with E-state index in [4.69, 9.17) is 10.5 Å². The Labute approximate surface area is 97.8 Å². The molecule has 0 saturated heterocycles. The topological polar surface area (TPSA) is 35.2 Å². The fourth-order valence-electron chi connectivity index (χ4n) is 1.74. The summed E-state index contributed by atoms with van der Waals surface area (Å²) in [6.45, 7) is 3.41. The van der Waals surface area contributed by atoms with Crippen molar-refractivity contribution in [2.75, 3.05) is 6.61 Å². The van der Waals surface area contributed by atoms with Crippen LogP contribution in [0.5, 0.6) is 0 Å². The van der Waals surface area contributed by atoms with Crippen LogP contribution < -0.4 is 5.73 Å². The van der Waals surface area contributed by atoms with Crippen LogP contribution in [0.1, 0.15) is 17.4 Å². The molecule has 0 radical (unpaired) electrons. The number of benzene rings is 1. The molecule has 2 nitrogen and oxygen atoms in total. The highest BCUT2D eigenvalue weighted by Gasteiger charge is 2.14. The van der Waals surface area contributed by atoms with E-state index in [1.165, 1.54) is 6.07 Å². The molecule has 0 fully saturated rings. The molecular weight excluding hydrogens is 225 g/mol. The zero-order valence-electron chi connectivity index (χ0n) is 9.13. The fourth-order valence-corrected chi connectivity index (χ4v) is 2.84. The lowest BCUT2D eigenvalue weighted by Gasteiger charge is -2.03. The quantitative estimate of drug-likeness (QED) is 0.890. The van der Waals surface area contributed by atoms with E-state index in [9.17, 15) is 4.39 Å². The standard InChI is InChI=1S/C12H14FNOS/c1-2-15-7-8-11(6-14)16-10-5-3-4-9(13)12(8)10/h3-5H,2,6-7,14H2,1H3. The van der Waals surface area contributed by atoms with Gasteiger partial charge in [-0.3, -0.25) is 0 Å². The number of nitrogens with two attached hydrogens (primary N) is 1. The number of hydrogen-bond donors (Lipinski definition) is 1. The molecule has 0 aliphatic carbocycles. The van der Waals surface area contributed by atoms with E-state index in [1.54, 1.807) is 17.4 Å². The van der Waals surface area contributed by atoms with E-state index >= 15 is 0 Å². The van der Waals surface area contributed by atoms with Crippen LogP contribution in [0.3, 0.4) is 0 Å². The highest BCUT2D eigenvalue weighted by Crippen LogP contribution is 2.33. The Morgan fingerprint density at radius 2 is 2.25 bits per heavy atom. The molecule has 0 atom stereocenters. The van der Waals surface area contributed by atoms with Crippen molar-refractivity contribution in [1.29, 1.82) is 0 Å². The van der Waals surface area contributed by atoms with E-state index in [2.05, 4.69) is 0 Å². The van der Waals surface area contributed by atoms with E-state index < -0.39 is 0 Å². The van der Waals surface area contributed by atoms with Gasteiger partial charge in [-0.2, -0.15) is 0 Å². The summed E-state index contributed by atoms with van der Waals surface area (Å²) in [5.41, 5.74) is 6.57. The minimum Gasteiger partial charge on any atom is -0.377 e. The molecule has 1 heterocycles. The summed E-state index contributed by atoms with van der Waals surface area (Å²) >= 11 is 1.54. The highest BCUT2D eigenvalue weighted by atomic mass is 32.1. The number of rotatable bonds is 4. The van der Waals surface area contributed by atoms with Crippen LogP contribution in [0, 0.1) is 5.82 Å². The largest absolute Gasteiger partial charge is 0.377 e. The second kappa shape index (κ2) is 4.91. The summed E-state index contributed by atoms with van der Waals surface area (Å²) in [7, 11) is 0. The summed E-state index contributed by atoms with van der Waals surface area (Å²) in [5, 5.41) is 0.668. The summed E-state index contributed by atoms with van der Waals surface area (Å²) in [5.74, 6) is -0.192. The van der Waals surface area contributed by atoms with Crippen LogP contribution in [-0.4, -0.2) is 6.61 Å². The molecule has 2 rings (SSSR count). The van der Waals surface area contributed by atoms with Crippen LogP contribution in [0.15, 0.2) is 18.2 Å². The van der Waals surface area contributed by atoms with Crippen molar-refractivity contribution in [3.8, 4) is 0 Å². The third-order valence-electron chi connectivity index (χ3n) is 2.48. The molecule has 1 aromatic carbocycles. The molecule has 2 aromatic rings. The second-order valence-electron chi connectivity index (χ2n) is 3.46. The van der Waals surface area contributed by atoms with Crippen molar-refractivity contribution in [2.45, 2.75) is 20.1 Å². The van der Waals surface area contributed by atoms with Gasteiger partial charge in [0, 0.05) is 33.7 Å². The Hall–Kier alpha value is -0.970. The Morgan fingerprint density at radius 1 is 1.44 bits per heavy atom.